The molecule has 0 aliphatic carbocycles. The Morgan fingerprint density at radius 3 is 2.56 bits per heavy atom. The molecule has 5 rings (SSSR count). The number of piperidine rings is 1. The number of aryl methyl sites for hydroxylation is 1. The van der Waals surface area contributed by atoms with Crippen molar-refractivity contribution in [2.24, 2.45) is 0 Å². The van der Waals surface area contributed by atoms with Gasteiger partial charge < -0.3 is 9.42 Å². The minimum Gasteiger partial charge on any atom is -0.370 e. The van der Waals surface area contributed by atoms with Crippen LogP contribution >= 0.6 is 0 Å². The predicted molar refractivity (Wildman–Crippen MR) is 111 cm³/mol. The number of anilines is 1. The summed E-state index contributed by atoms with van der Waals surface area (Å²) in [4.78, 5) is 19.3. The molecule has 0 spiro atoms. The molecule has 0 N–H and O–H groups in total. The van der Waals surface area contributed by atoms with E-state index in [2.05, 4.69) is 34.5 Å². The zero-order valence-corrected chi connectivity index (χ0v) is 17.2. The Labute approximate surface area is 181 Å². The molecule has 5 heterocycles. The van der Waals surface area contributed by atoms with E-state index in [0.717, 1.165) is 54.0 Å². The average molecular weight is 440 g/mol. The van der Waals surface area contributed by atoms with Crippen LogP contribution in [-0.4, -0.2) is 38.2 Å². The van der Waals surface area contributed by atoms with Crippen LogP contribution in [0.15, 0.2) is 47.1 Å². The van der Waals surface area contributed by atoms with E-state index >= 15 is 0 Å². The van der Waals surface area contributed by atoms with Gasteiger partial charge in [-0.1, -0.05) is 11.2 Å². The Bertz CT molecular complexity index is 1260. The summed E-state index contributed by atoms with van der Waals surface area (Å²) in [5.74, 6) is -1.36. The van der Waals surface area contributed by atoms with Crippen LogP contribution in [0.5, 0.6) is 0 Å². The van der Waals surface area contributed by atoms with Crippen LogP contribution in [0.4, 0.5) is 18.9 Å². The molecule has 4 aromatic heterocycles. The van der Waals surface area contributed by atoms with Crippen molar-refractivity contribution in [3.05, 3.63) is 59.9 Å². The number of rotatable bonds is 3. The number of hydrogen-bond donors (Lipinski definition) is 0. The van der Waals surface area contributed by atoms with Crippen LogP contribution in [0, 0.1) is 6.92 Å². The van der Waals surface area contributed by atoms with Gasteiger partial charge in [-0.15, -0.1) is 0 Å². The molecule has 4 aromatic rings. The monoisotopic (exact) mass is 440 g/mol. The lowest BCUT2D eigenvalue weighted by atomic mass is 9.92. The van der Waals surface area contributed by atoms with Crippen molar-refractivity contribution in [2.45, 2.75) is 31.9 Å². The molecule has 32 heavy (non-hydrogen) atoms. The number of pyridine rings is 3. The number of nitrogens with zero attached hydrogens (tertiary/aromatic N) is 6. The van der Waals surface area contributed by atoms with Crippen LogP contribution < -0.4 is 4.90 Å². The van der Waals surface area contributed by atoms with E-state index < -0.39 is 12.1 Å². The van der Waals surface area contributed by atoms with E-state index in [4.69, 9.17) is 0 Å². The second kappa shape index (κ2) is 7.85. The Hall–Kier alpha value is -3.56. The van der Waals surface area contributed by atoms with Gasteiger partial charge in [0.15, 0.2) is 0 Å². The lowest BCUT2D eigenvalue weighted by Gasteiger charge is -2.33. The molecule has 10 heteroatoms. The molecule has 1 fully saturated rings. The van der Waals surface area contributed by atoms with Gasteiger partial charge in [-0.3, -0.25) is 4.98 Å². The van der Waals surface area contributed by atoms with Crippen LogP contribution in [-0.2, 0) is 6.18 Å². The van der Waals surface area contributed by atoms with E-state index in [1.165, 1.54) is 0 Å². The van der Waals surface area contributed by atoms with Crippen molar-refractivity contribution in [1.82, 2.24) is 25.1 Å². The van der Waals surface area contributed by atoms with Gasteiger partial charge in [-0.25, -0.2) is 9.97 Å². The SMILES string of the molecule is Cc1ccc2nccc(N3CCC(c4cccc(-c5noc(C(F)(F)F)n5)n4)CC3)c2n1. The fraction of sp³-hybridized carbons (Fsp3) is 0.318. The summed E-state index contributed by atoms with van der Waals surface area (Å²) in [6, 6.07) is 11.2. The molecule has 1 saturated heterocycles. The van der Waals surface area contributed by atoms with Gasteiger partial charge in [0.05, 0.1) is 11.2 Å². The molecule has 1 aliphatic rings. The third-order valence-electron chi connectivity index (χ3n) is 5.62. The van der Waals surface area contributed by atoms with Gasteiger partial charge in [0.1, 0.15) is 11.2 Å². The summed E-state index contributed by atoms with van der Waals surface area (Å²) in [6.07, 6.45) is -1.18. The summed E-state index contributed by atoms with van der Waals surface area (Å²) >= 11 is 0. The zero-order chi connectivity index (χ0) is 22.3. The Morgan fingerprint density at radius 2 is 1.81 bits per heavy atom. The summed E-state index contributed by atoms with van der Waals surface area (Å²) in [5.41, 5.74) is 4.84. The van der Waals surface area contributed by atoms with Crippen LogP contribution in [0.1, 0.15) is 36.0 Å². The largest absolute Gasteiger partial charge is 0.471 e. The number of fused-ring (bicyclic) bond motifs is 1. The van der Waals surface area contributed by atoms with Crippen molar-refractivity contribution in [3.8, 4) is 11.5 Å². The fourth-order valence-corrected chi connectivity index (χ4v) is 4.03. The fourth-order valence-electron chi connectivity index (χ4n) is 4.03. The van der Waals surface area contributed by atoms with Crippen LogP contribution in [0.2, 0.25) is 0 Å². The van der Waals surface area contributed by atoms with Gasteiger partial charge >= 0.3 is 12.1 Å². The number of halogens is 3. The first-order chi connectivity index (χ1) is 15.4. The number of alkyl halides is 3. The summed E-state index contributed by atoms with van der Waals surface area (Å²) in [5, 5.41) is 3.44. The molecule has 0 saturated carbocycles. The molecule has 7 nitrogen and oxygen atoms in total. The normalized spacial score (nSPS) is 15.4. The first kappa shape index (κ1) is 20.3. The van der Waals surface area contributed by atoms with E-state index in [-0.39, 0.29) is 17.4 Å². The summed E-state index contributed by atoms with van der Waals surface area (Å²) in [6.45, 7) is 3.58. The second-order valence-electron chi connectivity index (χ2n) is 7.78. The zero-order valence-electron chi connectivity index (χ0n) is 17.2. The summed E-state index contributed by atoms with van der Waals surface area (Å²) in [7, 11) is 0. The first-order valence-corrected chi connectivity index (χ1v) is 10.2. The van der Waals surface area contributed by atoms with Crippen molar-refractivity contribution in [1.29, 1.82) is 0 Å². The standard InChI is InChI=1S/C22H19F3N6O/c1-13-5-6-16-19(27-13)18(7-10-26-16)31-11-8-14(9-12-31)15-3-2-4-17(28-15)20-29-21(32-30-20)22(23,24)25/h2-7,10,14H,8-9,11-12H2,1H3. The quantitative estimate of drug-likeness (QED) is 0.453. The number of hydrogen-bond acceptors (Lipinski definition) is 7. The molecule has 0 bridgehead atoms. The molecular weight excluding hydrogens is 421 g/mol. The average Bonchev–Trinajstić information content (AvgIpc) is 3.30. The third-order valence-corrected chi connectivity index (χ3v) is 5.62. The van der Waals surface area contributed by atoms with Crippen molar-refractivity contribution in [2.75, 3.05) is 18.0 Å². The smallest absolute Gasteiger partial charge is 0.370 e. The minimum atomic E-state index is -4.68. The van der Waals surface area contributed by atoms with Crippen molar-refractivity contribution in [3.63, 3.8) is 0 Å². The van der Waals surface area contributed by atoms with Crippen molar-refractivity contribution >= 4 is 16.7 Å². The summed E-state index contributed by atoms with van der Waals surface area (Å²) < 4.78 is 42.6. The maximum Gasteiger partial charge on any atom is 0.471 e. The van der Waals surface area contributed by atoms with Gasteiger partial charge in [0.2, 0.25) is 5.82 Å². The molecule has 0 unspecified atom stereocenters. The van der Waals surface area contributed by atoms with Gasteiger partial charge in [-0.2, -0.15) is 18.2 Å². The van der Waals surface area contributed by atoms with E-state index in [1.54, 1.807) is 18.3 Å². The van der Waals surface area contributed by atoms with E-state index in [9.17, 15) is 13.2 Å². The number of aromatic nitrogens is 5. The highest BCUT2D eigenvalue weighted by Crippen LogP contribution is 2.33. The molecule has 0 radical (unpaired) electrons. The first-order valence-electron chi connectivity index (χ1n) is 10.2. The molecule has 0 aromatic carbocycles. The Morgan fingerprint density at radius 1 is 1.00 bits per heavy atom. The minimum absolute atomic E-state index is 0.165. The molecule has 164 valence electrons. The lowest BCUT2D eigenvalue weighted by molar-refractivity contribution is -0.159. The highest BCUT2D eigenvalue weighted by atomic mass is 19.4. The van der Waals surface area contributed by atoms with Crippen LogP contribution in [0.25, 0.3) is 22.6 Å². The topological polar surface area (TPSA) is 80.8 Å². The molecular formula is C22H19F3N6O. The van der Waals surface area contributed by atoms with E-state index in [0.29, 0.717) is 0 Å². The van der Waals surface area contributed by atoms with Crippen molar-refractivity contribution < 1.29 is 17.7 Å². The molecule has 1 aliphatic heterocycles. The maximum atomic E-state index is 12.8. The molecule has 0 amide bonds. The highest BCUT2D eigenvalue weighted by Gasteiger charge is 2.38. The lowest BCUT2D eigenvalue weighted by Crippen LogP contribution is -2.33. The van der Waals surface area contributed by atoms with Gasteiger partial charge in [0, 0.05) is 36.6 Å². The highest BCUT2D eigenvalue weighted by molar-refractivity contribution is 5.87. The third kappa shape index (κ3) is 3.88. The Kier molecular flexibility index (Phi) is 4.99. The van der Waals surface area contributed by atoms with Crippen LogP contribution in [0.3, 0.4) is 0 Å². The van der Waals surface area contributed by atoms with Gasteiger partial charge in [0.25, 0.3) is 0 Å². The Balaban J connectivity index is 1.34. The second-order valence-corrected chi connectivity index (χ2v) is 7.78. The maximum absolute atomic E-state index is 12.8. The van der Waals surface area contributed by atoms with E-state index in [1.807, 2.05) is 31.2 Å². The molecule has 0 atom stereocenters. The predicted octanol–water partition coefficient (Wildman–Crippen LogP) is 4.79. The van der Waals surface area contributed by atoms with Gasteiger partial charge in [-0.05, 0) is 50.1 Å².